The van der Waals surface area contributed by atoms with Crippen molar-refractivity contribution < 1.29 is 4.74 Å². The average molecular weight is 247 g/mol. The number of thiol groups is 1. The van der Waals surface area contributed by atoms with Gasteiger partial charge in [0.1, 0.15) is 0 Å². The summed E-state index contributed by atoms with van der Waals surface area (Å²) < 4.78 is 5.18. The molecule has 2 atom stereocenters. The fourth-order valence-electron chi connectivity index (χ4n) is 1.74. The van der Waals surface area contributed by atoms with Gasteiger partial charge >= 0.3 is 0 Å². The SMILES string of the molecule is CCC(C)N(CCOC)CC(CS)C(C)C. The summed E-state index contributed by atoms with van der Waals surface area (Å²) in [6.07, 6.45) is 1.20. The van der Waals surface area contributed by atoms with Crippen molar-refractivity contribution in [1.82, 2.24) is 4.90 Å². The molecule has 0 rings (SSSR count). The van der Waals surface area contributed by atoms with Crippen LogP contribution in [0.4, 0.5) is 0 Å². The van der Waals surface area contributed by atoms with Crippen molar-refractivity contribution in [1.29, 1.82) is 0 Å². The monoisotopic (exact) mass is 247 g/mol. The molecule has 0 radical (unpaired) electrons. The Balaban J connectivity index is 4.27. The van der Waals surface area contributed by atoms with Crippen LogP contribution in [0.3, 0.4) is 0 Å². The van der Waals surface area contributed by atoms with Gasteiger partial charge in [0.2, 0.25) is 0 Å². The maximum atomic E-state index is 5.18. The maximum Gasteiger partial charge on any atom is 0.0589 e. The van der Waals surface area contributed by atoms with E-state index in [0.29, 0.717) is 17.9 Å². The lowest BCUT2D eigenvalue weighted by Crippen LogP contribution is -2.40. The summed E-state index contributed by atoms with van der Waals surface area (Å²) in [5, 5.41) is 0. The first-order valence-corrected chi connectivity index (χ1v) is 7.03. The van der Waals surface area contributed by atoms with Gasteiger partial charge in [-0.1, -0.05) is 20.8 Å². The summed E-state index contributed by atoms with van der Waals surface area (Å²) in [5.74, 6) is 2.35. The van der Waals surface area contributed by atoms with Gasteiger partial charge in [-0.2, -0.15) is 12.6 Å². The summed E-state index contributed by atoms with van der Waals surface area (Å²) in [5.41, 5.74) is 0. The van der Waals surface area contributed by atoms with E-state index in [4.69, 9.17) is 4.74 Å². The van der Waals surface area contributed by atoms with E-state index in [1.165, 1.54) is 6.42 Å². The van der Waals surface area contributed by atoms with Crippen LogP contribution in [-0.4, -0.2) is 43.5 Å². The van der Waals surface area contributed by atoms with Gasteiger partial charge < -0.3 is 4.74 Å². The zero-order valence-corrected chi connectivity index (χ0v) is 12.5. The molecule has 0 N–H and O–H groups in total. The summed E-state index contributed by atoms with van der Waals surface area (Å²) in [4.78, 5) is 2.53. The molecule has 0 aliphatic rings. The van der Waals surface area contributed by atoms with Gasteiger partial charge in [0.25, 0.3) is 0 Å². The van der Waals surface area contributed by atoms with Gasteiger partial charge in [0.05, 0.1) is 6.61 Å². The minimum atomic E-state index is 0.635. The van der Waals surface area contributed by atoms with E-state index >= 15 is 0 Å². The normalized spacial score (nSPS) is 15.8. The highest BCUT2D eigenvalue weighted by Crippen LogP contribution is 2.16. The predicted octanol–water partition coefficient (Wildman–Crippen LogP) is 2.94. The molecule has 98 valence electrons. The molecule has 0 amide bonds. The molecule has 0 aliphatic heterocycles. The molecular formula is C13H29NOS. The quantitative estimate of drug-likeness (QED) is 0.629. The third kappa shape index (κ3) is 6.12. The van der Waals surface area contributed by atoms with Crippen LogP contribution in [0.2, 0.25) is 0 Å². The molecule has 2 nitrogen and oxygen atoms in total. The van der Waals surface area contributed by atoms with Crippen LogP contribution in [0, 0.1) is 11.8 Å². The molecule has 0 aliphatic carbocycles. The molecule has 0 heterocycles. The second-order valence-corrected chi connectivity index (χ2v) is 5.30. The van der Waals surface area contributed by atoms with Crippen molar-refractivity contribution in [2.24, 2.45) is 11.8 Å². The van der Waals surface area contributed by atoms with Gasteiger partial charge in [0, 0.05) is 26.2 Å². The lowest BCUT2D eigenvalue weighted by Gasteiger charge is -2.33. The molecule has 0 bridgehead atoms. The van der Waals surface area contributed by atoms with E-state index in [9.17, 15) is 0 Å². The Hall–Kier alpha value is 0.270. The first kappa shape index (κ1) is 16.3. The van der Waals surface area contributed by atoms with Crippen molar-refractivity contribution in [3.8, 4) is 0 Å². The number of rotatable bonds is 9. The van der Waals surface area contributed by atoms with Crippen LogP contribution in [0.15, 0.2) is 0 Å². The third-order valence-electron chi connectivity index (χ3n) is 3.44. The third-order valence-corrected chi connectivity index (χ3v) is 3.91. The van der Waals surface area contributed by atoms with Gasteiger partial charge in [-0.25, -0.2) is 0 Å². The van der Waals surface area contributed by atoms with E-state index in [0.717, 1.165) is 25.4 Å². The lowest BCUT2D eigenvalue weighted by atomic mass is 9.96. The van der Waals surface area contributed by atoms with E-state index in [1.54, 1.807) is 7.11 Å². The molecule has 3 heteroatoms. The predicted molar refractivity (Wildman–Crippen MR) is 75.4 cm³/mol. The van der Waals surface area contributed by atoms with Crippen LogP contribution < -0.4 is 0 Å². The van der Waals surface area contributed by atoms with Gasteiger partial charge in [-0.15, -0.1) is 0 Å². The Kier molecular flexibility index (Phi) is 9.47. The summed E-state index contributed by atoms with van der Waals surface area (Å²) in [6, 6.07) is 0.635. The Morgan fingerprint density at radius 2 is 1.88 bits per heavy atom. The van der Waals surface area contributed by atoms with Crippen LogP contribution in [0.1, 0.15) is 34.1 Å². The van der Waals surface area contributed by atoms with E-state index in [-0.39, 0.29) is 0 Å². The zero-order valence-electron chi connectivity index (χ0n) is 11.6. The smallest absolute Gasteiger partial charge is 0.0589 e. The van der Waals surface area contributed by atoms with Crippen molar-refractivity contribution in [2.75, 3.05) is 32.6 Å². The van der Waals surface area contributed by atoms with E-state index < -0.39 is 0 Å². The Morgan fingerprint density at radius 3 is 2.25 bits per heavy atom. The zero-order chi connectivity index (χ0) is 12.6. The average Bonchev–Trinajstić information content (AvgIpc) is 2.28. The highest BCUT2D eigenvalue weighted by Gasteiger charge is 2.19. The molecule has 0 saturated heterocycles. The van der Waals surface area contributed by atoms with E-state index in [1.807, 2.05) is 0 Å². The van der Waals surface area contributed by atoms with E-state index in [2.05, 4.69) is 45.2 Å². The number of hydrogen-bond donors (Lipinski definition) is 1. The van der Waals surface area contributed by atoms with Crippen molar-refractivity contribution in [2.45, 2.75) is 40.2 Å². The topological polar surface area (TPSA) is 12.5 Å². The molecular weight excluding hydrogens is 218 g/mol. The summed E-state index contributed by atoms with van der Waals surface area (Å²) in [7, 11) is 1.77. The van der Waals surface area contributed by atoms with Crippen molar-refractivity contribution in [3.63, 3.8) is 0 Å². The van der Waals surface area contributed by atoms with Gasteiger partial charge in [-0.05, 0) is 30.9 Å². The van der Waals surface area contributed by atoms with Crippen LogP contribution >= 0.6 is 12.6 Å². The highest BCUT2D eigenvalue weighted by atomic mass is 32.1. The minimum absolute atomic E-state index is 0.635. The Morgan fingerprint density at radius 1 is 1.25 bits per heavy atom. The molecule has 0 saturated carbocycles. The highest BCUT2D eigenvalue weighted by molar-refractivity contribution is 7.80. The maximum absolute atomic E-state index is 5.18. The van der Waals surface area contributed by atoms with Gasteiger partial charge in [0.15, 0.2) is 0 Å². The first-order valence-electron chi connectivity index (χ1n) is 6.40. The number of ether oxygens (including phenoxy) is 1. The molecule has 2 unspecified atom stereocenters. The molecule has 16 heavy (non-hydrogen) atoms. The first-order chi connectivity index (χ1) is 7.56. The second-order valence-electron chi connectivity index (χ2n) is 4.93. The number of nitrogens with zero attached hydrogens (tertiary/aromatic N) is 1. The Labute approximate surface area is 107 Å². The van der Waals surface area contributed by atoms with Crippen LogP contribution in [-0.2, 0) is 4.74 Å². The molecule has 0 fully saturated rings. The summed E-state index contributed by atoms with van der Waals surface area (Å²) >= 11 is 4.46. The van der Waals surface area contributed by atoms with Crippen LogP contribution in [0.5, 0.6) is 0 Å². The molecule has 0 spiro atoms. The number of methoxy groups -OCH3 is 1. The molecule has 0 aromatic carbocycles. The standard InChI is InChI=1S/C13H29NOS/c1-6-12(4)14(7-8-15-5)9-13(10-16)11(2)3/h11-13,16H,6-10H2,1-5H3. The molecule has 0 aromatic heterocycles. The fourth-order valence-corrected chi connectivity index (χ4v) is 2.28. The minimum Gasteiger partial charge on any atom is -0.383 e. The Bertz CT molecular complexity index is 164. The van der Waals surface area contributed by atoms with Crippen molar-refractivity contribution >= 4 is 12.6 Å². The number of hydrogen-bond acceptors (Lipinski definition) is 3. The lowest BCUT2D eigenvalue weighted by molar-refractivity contribution is 0.105. The summed E-state index contributed by atoms with van der Waals surface area (Å²) in [6.45, 7) is 12.1. The fraction of sp³-hybridized carbons (Fsp3) is 1.00. The van der Waals surface area contributed by atoms with Crippen molar-refractivity contribution in [3.05, 3.63) is 0 Å². The van der Waals surface area contributed by atoms with Crippen LogP contribution in [0.25, 0.3) is 0 Å². The molecule has 0 aromatic rings. The van der Waals surface area contributed by atoms with Gasteiger partial charge in [-0.3, -0.25) is 4.90 Å². The largest absolute Gasteiger partial charge is 0.383 e. The second kappa shape index (κ2) is 9.32.